The molecule has 2 heterocycles. The van der Waals surface area contributed by atoms with Crippen LogP contribution in [0.4, 0.5) is 0 Å². The highest BCUT2D eigenvalue weighted by Gasteiger charge is 2.46. The molecule has 3 fully saturated rings. The van der Waals surface area contributed by atoms with Crippen LogP contribution in [0.15, 0.2) is 30.3 Å². The summed E-state index contributed by atoms with van der Waals surface area (Å²) in [7, 11) is 1.62. The first-order valence-electron chi connectivity index (χ1n) is 10.9. The summed E-state index contributed by atoms with van der Waals surface area (Å²) in [6.45, 7) is 2.61. The molecule has 0 bridgehead atoms. The fraction of sp³-hybridized carbons (Fsp3) is 0.652. The standard InChI is InChI=1S/C23H32N2O4/c1-28-15-10-21(26)24-13-11-23(12-14-24)17-20(9-16-29-23)25(19-7-8-19)22(27)18-5-3-2-4-6-18/h2-6,19-20H,7-17H2,1H3. The maximum Gasteiger partial charge on any atom is 0.254 e. The van der Waals surface area contributed by atoms with Crippen molar-refractivity contribution in [2.45, 2.75) is 62.6 Å². The minimum atomic E-state index is -0.203. The molecule has 158 valence electrons. The topological polar surface area (TPSA) is 59.1 Å². The number of hydrogen-bond donors (Lipinski definition) is 0. The lowest BCUT2D eigenvalue weighted by Crippen LogP contribution is -2.55. The number of ether oxygens (including phenoxy) is 2. The van der Waals surface area contributed by atoms with Gasteiger partial charge in [-0.3, -0.25) is 9.59 Å². The molecule has 1 aromatic rings. The number of carbonyl (C=O) groups is 2. The molecule has 0 N–H and O–H groups in total. The summed E-state index contributed by atoms with van der Waals surface area (Å²) in [5.74, 6) is 0.315. The molecule has 1 unspecified atom stereocenters. The van der Waals surface area contributed by atoms with Crippen LogP contribution in [0.3, 0.4) is 0 Å². The Kier molecular flexibility index (Phi) is 6.20. The lowest BCUT2D eigenvalue weighted by atomic mass is 9.81. The predicted molar refractivity (Wildman–Crippen MR) is 110 cm³/mol. The Bertz CT molecular complexity index is 711. The number of piperidine rings is 1. The lowest BCUT2D eigenvalue weighted by Gasteiger charge is -2.48. The SMILES string of the molecule is COCCC(=O)N1CCC2(CC1)CC(N(C(=O)c1ccccc1)C1CC1)CCO2. The molecule has 2 amide bonds. The van der Waals surface area contributed by atoms with Gasteiger partial charge in [0.05, 0.1) is 18.6 Å². The summed E-state index contributed by atoms with van der Waals surface area (Å²) in [5, 5.41) is 0. The van der Waals surface area contributed by atoms with E-state index in [-0.39, 0.29) is 23.5 Å². The third-order valence-corrected chi connectivity index (χ3v) is 6.60. The number of rotatable bonds is 6. The highest BCUT2D eigenvalue weighted by atomic mass is 16.5. The smallest absolute Gasteiger partial charge is 0.254 e. The van der Waals surface area contributed by atoms with Gasteiger partial charge in [-0.1, -0.05) is 18.2 Å². The second-order valence-electron chi connectivity index (χ2n) is 8.61. The Hall–Kier alpha value is -1.92. The lowest BCUT2D eigenvalue weighted by molar-refractivity contribution is -0.148. The third kappa shape index (κ3) is 4.64. The Balaban J connectivity index is 1.41. The van der Waals surface area contributed by atoms with Crippen LogP contribution >= 0.6 is 0 Å². The van der Waals surface area contributed by atoms with E-state index in [9.17, 15) is 9.59 Å². The fourth-order valence-corrected chi connectivity index (χ4v) is 4.81. The molecule has 2 saturated heterocycles. The summed E-state index contributed by atoms with van der Waals surface area (Å²) in [5.41, 5.74) is 0.573. The van der Waals surface area contributed by atoms with Crippen molar-refractivity contribution in [1.29, 1.82) is 0 Å². The monoisotopic (exact) mass is 400 g/mol. The molecule has 3 aliphatic rings. The molecule has 6 heteroatoms. The largest absolute Gasteiger partial charge is 0.384 e. The normalized spacial score (nSPS) is 23.8. The van der Waals surface area contributed by atoms with Gasteiger partial charge in [-0.2, -0.15) is 0 Å². The zero-order chi connectivity index (χ0) is 20.3. The van der Waals surface area contributed by atoms with Crippen LogP contribution in [-0.2, 0) is 14.3 Å². The fourth-order valence-electron chi connectivity index (χ4n) is 4.81. The molecule has 4 rings (SSSR count). The predicted octanol–water partition coefficient (Wildman–Crippen LogP) is 2.87. The van der Waals surface area contributed by atoms with E-state index in [0.717, 1.165) is 57.2 Å². The summed E-state index contributed by atoms with van der Waals surface area (Å²) in [6, 6.07) is 10.2. The highest BCUT2D eigenvalue weighted by molar-refractivity contribution is 5.94. The van der Waals surface area contributed by atoms with Crippen LogP contribution in [0.25, 0.3) is 0 Å². The van der Waals surface area contributed by atoms with Gasteiger partial charge in [0.25, 0.3) is 5.91 Å². The van der Waals surface area contributed by atoms with Crippen molar-refractivity contribution in [1.82, 2.24) is 9.80 Å². The molecule has 0 aromatic heterocycles. The molecule has 1 spiro atoms. The van der Waals surface area contributed by atoms with Crippen LogP contribution < -0.4 is 0 Å². The molecule has 2 aliphatic heterocycles. The van der Waals surface area contributed by atoms with Gasteiger partial charge in [-0.25, -0.2) is 0 Å². The van der Waals surface area contributed by atoms with Crippen molar-refractivity contribution in [2.75, 3.05) is 33.4 Å². The van der Waals surface area contributed by atoms with E-state index in [1.54, 1.807) is 7.11 Å². The number of carbonyl (C=O) groups excluding carboxylic acids is 2. The minimum Gasteiger partial charge on any atom is -0.384 e. The number of nitrogens with zero attached hydrogens (tertiary/aromatic N) is 2. The quantitative estimate of drug-likeness (QED) is 0.737. The van der Waals surface area contributed by atoms with Crippen molar-refractivity contribution < 1.29 is 19.1 Å². The number of likely N-dealkylation sites (tertiary alicyclic amines) is 1. The highest BCUT2D eigenvalue weighted by Crippen LogP contribution is 2.40. The molecule has 29 heavy (non-hydrogen) atoms. The first-order valence-corrected chi connectivity index (χ1v) is 10.9. The third-order valence-electron chi connectivity index (χ3n) is 6.60. The van der Waals surface area contributed by atoms with Gasteiger partial charge < -0.3 is 19.3 Å². The van der Waals surface area contributed by atoms with E-state index in [1.807, 2.05) is 35.2 Å². The zero-order valence-electron chi connectivity index (χ0n) is 17.3. The van der Waals surface area contributed by atoms with E-state index in [2.05, 4.69) is 4.90 Å². The van der Waals surface area contributed by atoms with Crippen LogP contribution in [0.1, 0.15) is 55.3 Å². The van der Waals surface area contributed by atoms with Gasteiger partial charge >= 0.3 is 0 Å². The van der Waals surface area contributed by atoms with Crippen molar-refractivity contribution in [3.8, 4) is 0 Å². The van der Waals surface area contributed by atoms with Gasteiger partial charge in [0.2, 0.25) is 5.91 Å². The summed E-state index contributed by atoms with van der Waals surface area (Å²) in [6.07, 6.45) is 6.11. The van der Waals surface area contributed by atoms with Crippen LogP contribution in [0.5, 0.6) is 0 Å². The molecule has 1 saturated carbocycles. The van der Waals surface area contributed by atoms with E-state index >= 15 is 0 Å². The Labute approximate surface area is 173 Å². The van der Waals surface area contributed by atoms with Crippen LogP contribution in [0.2, 0.25) is 0 Å². The van der Waals surface area contributed by atoms with Gasteiger partial charge in [0.15, 0.2) is 0 Å². The van der Waals surface area contributed by atoms with Gasteiger partial charge in [-0.05, 0) is 50.7 Å². The first-order chi connectivity index (χ1) is 14.1. The number of benzene rings is 1. The van der Waals surface area contributed by atoms with Gasteiger partial charge in [-0.15, -0.1) is 0 Å². The molecular weight excluding hydrogens is 368 g/mol. The van der Waals surface area contributed by atoms with Crippen molar-refractivity contribution in [3.63, 3.8) is 0 Å². The minimum absolute atomic E-state index is 0.155. The molecule has 6 nitrogen and oxygen atoms in total. The Morgan fingerprint density at radius 1 is 1.14 bits per heavy atom. The van der Waals surface area contributed by atoms with E-state index in [4.69, 9.17) is 9.47 Å². The molecule has 1 aliphatic carbocycles. The first kappa shape index (κ1) is 20.4. The molecule has 0 radical (unpaired) electrons. The second kappa shape index (κ2) is 8.84. The Morgan fingerprint density at radius 2 is 1.86 bits per heavy atom. The van der Waals surface area contributed by atoms with Crippen LogP contribution in [-0.4, -0.2) is 72.7 Å². The maximum absolute atomic E-state index is 13.3. The van der Waals surface area contributed by atoms with Gasteiger partial charge in [0.1, 0.15) is 0 Å². The maximum atomic E-state index is 13.3. The van der Waals surface area contributed by atoms with Crippen molar-refractivity contribution in [2.24, 2.45) is 0 Å². The van der Waals surface area contributed by atoms with Crippen molar-refractivity contribution in [3.05, 3.63) is 35.9 Å². The number of hydrogen-bond acceptors (Lipinski definition) is 4. The van der Waals surface area contributed by atoms with E-state index < -0.39 is 0 Å². The number of amides is 2. The molecule has 1 atom stereocenters. The average Bonchev–Trinajstić information content (AvgIpc) is 3.58. The second-order valence-corrected chi connectivity index (χ2v) is 8.61. The zero-order valence-corrected chi connectivity index (χ0v) is 17.3. The van der Waals surface area contributed by atoms with E-state index in [0.29, 0.717) is 25.7 Å². The van der Waals surface area contributed by atoms with Crippen LogP contribution in [0, 0.1) is 0 Å². The summed E-state index contributed by atoms with van der Waals surface area (Å²) >= 11 is 0. The summed E-state index contributed by atoms with van der Waals surface area (Å²) < 4.78 is 11.3. The molecular formula is C23H32N2O4. The number of methoxy groups -OCH3 is 1. The van der Waals surface area contributed by atoms with E-state index in [1.165, 1.54) is 0 Å². The average molecular weight is 401 g/mol. The van der Waals surface area contributed by atoms with Crippen molar-refractivity contribution >= 4 is 11.8 Å². The molecule has 1 aromatic carbocycles. The summed E-state index contributed by atoms with van der Waals surface area (Å²) in [4.78, 5) is 29.6. The Morgan fingerprint density at radius 3 is 2.52 bits per heavy atom. The van der Waals surface area contributed by atoms with Gasteiger partial charge in [0, 0.05) is 44.5 Å².